The average Bonchev–Trinajstić information content (AvgIpc) is 2.77. The molecule has 0 radical (unpaired) electrons. The molecule has 4 aromatic rings. The fourth-order valence-electron chi connectivity index (χ4n) is 3.54. The van der Waals surface area contributed by atoms with Gasteiger partial charge in [0, 0.05) is 22.0 Å². The lowest BCUT2D eigenvalue weighted by molar-refractivity contribution is -0.137. The highest BCUT2D eigenvalue weighted by molar-refractivity contribution is 6.31. The highest BCUT2D eigenvalue weighted by atomic mass is 35.5. The zero-order valence-electron chi connectivity index (χ0n) is 17.0. The second-order valence-corrected chi connectivity index (χ2v) is 8.13. The molecular formula is C24H13Cl2F4NO3. The van der Waals surface area contributed by atoms with Crippen molar-refractivity contribution in [1.29, 1.82) is 0 Å². The topological polar surface area (TPSA) is 59.3 Å². The standard InChI is InChI=1S/C24H13Cl2F4NO3/c25-13-6-7-19(16(8-13)24(28,29)30)31-21(32)10-15-22(12-4-2-1-3-5-12)14-9-18(27)17(26)11-20(14)34-23(15)33/h1-9,11H,10H2,(H,31,32). The van der Waals surface area contributed by atoms with Gasteiger partial charge in [-0.2, -0.15) is 13.2 Å². The lowest BCUT2D eigenvalue weighted by Crippen LogP contribution is -2.22. The van der Waals surface area contributed by atoms with Crippen LogP contribution in [0.25, 0.3) is 22.1 Å². The molecular weight excluding hydrogens is 497 g/mol. The Balaban J connectivity index is 1.82. The molecule has 3 aromatic carbocycles. The van der Waals surface area contributed by atoms with E-state index in [9.17, 15) is 27.2 Å². The van der Waals surface area contributed by atoms with Crippen LogP contribution in [-0.4, -0.2) is 5.91 Å². The molecule has 1 amide bonds. The summed E-state index contributed by atoms with van der Waals surface area (Å²) in [6.07, 6.45) is -5.41. The number of carbonyl (C=O) groups excluding carboxylic acids is 1. The first-order valence-corrected chi connectivity index (χ1v) is 10.5. The predicted octanol–water partition coefficient (Wildman–Crippen LogP) is 7.11. The first-order chi connectivity index (χ1) is 16.0. The summed E-state index contributed by atoms with van der Waals surface area (Å²) in [6.45, 7) is 0. The van der Waals surface area contributed by atoms with Crippen molar-refractivity contribution in [1.82, 2.24) is 0 Å². The Morgan fingerprint density at radius 1 is 1.00 bits per heavy atom. The predicted molar refractivity (Wildman–Crippen MR) is 122 cm³/mol. The number of hydrogen-bond donors (Lipinski definition) is 1. The van der Waals surface area contributed by atoms with Gasteiger partial charge >= 0.3 is 11.8 Å². The van der Waals surface area contributed by atoms with Gasteiger partial charge in [-0.25, -0.2) is 9.18 Å². The first-order valence-electron chi connectivity index (χ1n) is 9.71. The molecule has 0 atom stereocenters. The molecule has 0 spiro atoms. The summed E-state index contributed by atoms with van der Waals surface area (Å²) in [4.78, 5) is 25.6. The smallest absolute Gasteiger partial charge is 0.418 e. The van der Waals surface area contributed by atoms with E-state index in [0.29, 0.717) is 11.6 Å². The maximum atomic E-state index is 14.3. The molecule has 0 saturated carbocycles. The van der Waals surface area contributed by atoms with E-state index in [2.05, 4.69) is 5.32 Å². The van der Waals surface area contributed by atoms with Crippen LogP contribution in [0.5, 0.6) is 0 Å². The second-order valence-electron chi connectivity index (χ2n) is 7.28. The number of amides is 1. The van der Waals surface area contributed by atoms with Crippen LogP contribution in [-0.2, 0) is 17.4 Å². The van der Waals surface area contributed by atoms with Gasteiger partial charge in [0.1, 0.15) is 11.4 Å². The Hall–Kier alpha value is -3.36. The lowest BCUT2D eigenvalue weighted by atomic mass is 9.95. The van der Waals surface area contributed by atoms with Crippen molar-refractivity contribution in [3.8, 4) is 11.1 Å². The Labute approximate surface area is 199 Å². The number of nitrogens with one attached hydrogen (secondary N) is 1. The Bertz CT molecular complexity index is 1470. The number of rotatable bonds is 4. The summed E-state index contributed by atoms with van der Waals surface area (Å²) < 4.78 is 59.7. The second kappa shape index (κ2) is 9.12. The quantitative estimate of drug-likeness (QED) is 0.235. The fraction of sp³-hybridized carbons (Fsp3) is 0.0833. The van der Waals surface area contributed by atoms with E-state index in [0.717, 1.165) is 18.2 Å². The van der Waals surface area contributed by atoms with E-state index < -0.39 is 41.2 Å². The van der Waals surface area contributed by atoms with Crippen LogP contribution >= 0.6 is 23.2 Å². The molecule has 0 aliphatic carbocycles. The maximum Gasteiger partial charge on any atom is 0.418 e. The summed E-state index contributed by atoms with van der Waals surface area (Å²) in [7, 11) is 0. The summed E-state index contributed by atoms with van der Waals surface area (Å²) in [5.74, 6) is -1.68. The molecule has 4 nitrogen and oxygen atoms in total. The molecule has 10 heteroatoms. The monoisotopic (exact) mass is 509 g/mol. The molecule has 0 aliphatic rings. The minimum atomic E-state index is -4.78. The van der Waals surface area contributed by atoms with E-state index in [-0.39, 0.29) is 32.1 Å². The van der Waals surface area contributed by atoms with Gasteiger partial charge in [0.15, 0.2) is 0 Å². The summed E-state index contributed by atoms with van der Waals surface area (Å²) in [6, 6.07) is 13.5. The van der Waals surface area contributed by atoms with E-state index in [1.165, 1.54) is 6.07 Å². The number of halogens is 6. The van der Waals surface area contributed by atoms with Crippen molar-refractivity contribution >= 4 is 45.8 Å². The van der Waals surface area contributed by atoms with Crippen LogP contribution in [0.1, 0.15) is 11.1 Å². The first kappa shape index (κ1) is 23.8. The van der Waals surface area contributed by atoms with E-state index in [1.807, 2.05) is 0 Å². The van der Waals surface area contributed by atoms with Crippen LogP contribution in [0.2, 0.25) is 10.0 Å². The molecule has 0 unspecified atom stereocenters. The lowest BCUT2D eigenvalue weighted by Gasteiger charge is -2.15. The number of carbonyl (C=O) groups is 1. The summed E-state index contributed by atoms with van der Waals surface area (Å²) in [5, 5.41) is 1.93. The van der Waals surface area contributed by atoms with Gasteiger partial charge in [-0.3, -0.25) is 4.79 Å². The Morgan fingerprint density at radius 2 is 1.71 bits per heavy atom. The van der Waals surface area contributed by atoms with Crippen LogP contribution in [0, 0.1) is 5.82 Å². The van der Waals surface area contributed by atoms with Crippen molar-refractivity contribution in [2.75, 3.05) is 5.32 Å². The van der Waals surface area contributed by atoms with Crippen LogP contribution in [0.15, 0.2) is 69.9 Å². The summed E-state index contributed by atoms with van der Waals surface area (Å²) >= 11 is 11.5. The minimum Gasteiger partial charge on any atom is -0.422 e. The third kappa shape index (κ3) is 4.78. The molecule has 1 N–H and O–H groups in total. The fourth-order valence-corrected chi connectivity index (χ4v) is 3.87. The van der Waals surface area contributed by atoms with Crippen molar-refractivity contribution in [3.63, 3.8) is 0 Å². The molecule has 1 aromatic heterocycles. The van der Waals surface area contributed by atoms with E-state index >= 15 is 0 Å². The number of alkyl halides is 3. The molecule has 0 saturated heterocycles. The number of hydrogen-bond acceptors (Lipinski definition) is 3. The number of benzene rings is 3. The van der Waals surface area contributed by atoms with Gasteiger partial charge in [-0.15, -0.1) is 0 Å². The van der Waals surface area contributed by atoms with Crippen molar-refractivity contribution in [3.05, 3.63) is 98.1 Å². The van der Waals surface area contributed by atoms with Gasteiger partial charge in [0.25, 0.3) is 0 Å². The number of anilines is 1. The van der Waals surface area contributed by atoms with Gasteiger partial charge in [-0.1, -0.05) is 53.5 Å². The Kier molecular flexibility index (Phi) is 6.38. The van der Waals surface area contributed by atoms with E-state index in [4.69, 9.17) is 27.6 Å². The van der Waals surface area contributed by atoms with Gasteiger partial charge in [0.2, 0.25) is 5.91 Å². The van der Waals surface area contributed by atoms with Gasteiger partial charge in [-0.05, 0) is 29.8 Å². The van der Waals surface area contributed by atoms with Gasteiger partial charge < -0.3 is 9.73 Å². The van der Waals surface area contributed by atoms with Gasteiger partial charge in [0.05, 0.1) is 28.3 Å². The highest BCUT2D eigenvalue weighted by Gasteiger charge is 2.34. The largest absolute Gasteiger partial charge is 0.422 e. The zero-order valence-corrected chi connectivity index (χ0v) is 18.5. The highest BCUT2D eigenvalue weighted by Crippen LogP contribution is 2.37. The minimum absolute atomic E-state index is 0.00327. The zero-order chi connectivity index (χ0) is 24.6. The van der Waals surface area contributed by atoms with Crippen molar-refractivity contribution in [2.24, 2.45) is 0 Å². The molecule has 0 aliphatic heterocycles. The van der Waals surface area contributed by atoms with Crippen LogP contribution in [0.3, 0.4) is 0 Å². The van der Waals surface area contributed by atoms with Crippen LogP contribution in [0.4, 0.5) is 23.2 Å². The molecule has 4 rings (SSSR count). The molecule has 34 heavy (non-hydrogen) atoms. The molecule has 1 heterocycles. The van der Waals surface area contributed by atoms with Crippen molar-refractivity contribution in [2.45, 2.75) is 12.6 Å². The molecule has 174 valence electrons. The Morgan fingerprint density at radius 3 is 2.38 bits per heavy atom. The normalized spacial score (nSPS) is 11.6. The summed E-state index contributed by atoms with van der Waals surface area (Å²) in [5.41, 5.74) is -2.03. The van der Waals surface area contributed by atoms with E-state index in [1.54, 1.807) is 30.3 Å². The SMILES string of the molecule is O=C(Cc1c(-c2ccccc2)c2cc(F)c(Cl)cc2oc1=O)Nc1ccc(Cl)cc1C(F)(F)F. The van der Waals surface area contributed by atoms with Crippen LogP contribution < -0.4 is 10.9 Å². The maximum absolute atomic E-state index is 14.3. The molecule has 0 bridgehead atoms. The third-order valence-electron chi connectivity index (χ3n) is 5.00. The third-order valence-corrected chi connectivity index (χ3v) is 5.53. The number of fused-ring (bicyclic) bond motifs is 1. The average molecular weight is 510 g/mol. The van der Waals surface area contributed by atoms with Crippen molar-refractivity contribution < 1.29 is 26.8 Å². The molecule has 0 fully saturated rings.